The lowest BCUT2D eigenvalue weighted by Crippen LogP contribution is -2.50. The molecule has 0 aliphatic carbocycles. The molecule has 0 bridgehead atoms. The number of nitrogens with zero attached hydrogens (tertiary/aromatic N) is 3. The van der Waals surface area contributed by atoms with E-state index in [2.05, 4.69) is 10.2 Å². The predicted octanol–water partition coefficient (Wildman–Crippen LogP) is -1.83. The Labute approximate surface area is 159 Å². The van der Waals surface area contributed by atoms with Crippen LogP contribution in [0, 0.1) is 5.92 Å². The number of fused-ring (bicyclic) bond motifs is 1. The van der Waals surface area contributed by atoms with Gasteiger partial charge in [0.15, 0.2) is 5.78 Å². The molecule has 0 aromatic rings. The average molecular weight is 379 g/mol. The number of hydrogen-bond donors (Lipinski definition) is 2. The number of Topliss-reactive ketones (excluding diaryl/α,β-unsaturated/α-hetero) is 1. The number of hydrogen-bond acceptors (Lipinski definition) is 6. The Morgan fingerprint density at radius 3 is 2.52 bits per heavy atom. The lowest BCUT2D eigenvalue weighted by Gasteiger charge is -2.30. The monoisotopic (exact) mass is 379 g/mol. The van der Waals surface area contributed by atoms with Gasteiger partial charge in [0.25, 0.3) is 0 Å². The number of carbonyl (C=O) groups is 4. The van der Waals surface area contributed by atoms with Crippen LogP contribution < -0.4 is 11.1 Å². The molecule has 3 aliphatic rings. The number of carbonyl (C=O) groups excluding carboxylic acids is 4. The van der Waals surface area contributed by atoms with Crippen LogP contribution in [0.25, 0.3) is 0 Å². The molecule has 3 fully saturated rings. The molecule has 9 heteroatoms. The first-order valence-corrected chi connectivity index (χ1v) is 9.72. The van der Waals surface area contributed by atoms with Crippen molar-refractivity contribution in [3.8, 4) is 0 Å². The van der Waals surface area contributed by atoms with Gasteiger partial charge in [0.05, 0.1) is 19.1 Å². The Bertz CT molecular complexity index is 619. The zero-order chi connectivity index (χ0) is 19.6. The summed E-state index contributed by atoms with van der Waals surface area (Å²) in [6, 6.07) is -0.751. The third-order valence-electron chi connectivity index (χ3n) is 5.91. The SMILES string of the molecule is CC(CCC(=O)N1CCC2C1C(=O)CN2C(=O)CN1CCNCC1)C(N)=O. The molecule has 150 valence electrons. The molecule has 0 aromatic carbocycles. The van der Waals surface area contributed by atoms with Gasteiger partial charge in [0.2, 0.25) is 17.7 Å². The normalized spacial score (nSPS) is 26.9. The molecule has 0 spiro atoms. The lowest BCUT2D eigenvalue weighted by molar-refractivity contribution is -0.136. The van der Waals surface area contributed by atoms with Crippen molar-refractivity contribution in [3.05, 3.63) is 0 Å². The summed E-state index contributed by atoms with van der Waals surface area (Å²) in [7, 11) is 0. The van der Waals surface area contributed by atoms with E-state index in [4.69, 9.17) is 5.73 Å². The van der Waals surface area contributed by atoms with Crippen LogP contribution in [0.5, 0.6) is 0 Å². The van der Waals surface area contributed by atoms with Gasteiger partial charge in [-0.2, -0.15) is 0 Å². The first kappa shape index (κ1) is 19.8. The quantitative estimate of drug-likeness (QED) is 0.561. The second kappa shape index (κ2) is 8.35. The Morgan fingerprint density at radius 1 is 1.15 bits per heavy atom. The van der Waals surface area contributed by atoms with Crippen molar-refractivity contribution in [2.24, 2.45) is 11.7 Å². The molecular weight excluding hydrogens is 350 g/mol. The number of likely N-dealkylation sites (tertiary alicyclic amines) is 2. The van der Waals surface area contributed by atoms with Gasteiger partial charge in [0.1, 0.15) is 6.04 Å². The summed E-state index contributed by atoms with van der Waals surface area (Å²) < 4.78 is 0. The molecule has 9 nitrogen and oxygen atoms in total. The Morgan fingerprint density at radius 2 is 1.85 bits per heavy atom. The topological polar surface area (TPSA) is 116 Å². The molecule has 3 saturated heterocycles. The number of nitrogens with two attached hydrogens (primary N) is 1. The highest BCUT2D eigenvalue weighted by Gasteiger charge is 2.51. The second-order valence-electron chi connectivity index (χ2n) is 7.74. The highest BCUT2D eigenvalue weighted by Crippen LogP contribution is 2.30. The van der Waals surface area contributed by atoms with Crippen molar-refractivity contribution in [2.75, 3.05) is 45.8 Å². The Balaban J connectivity index is 1.57. The fraction of sp³-hybridized carbons (Fsp3) is 0.778. The molecule has 3 N–H and O–H groups in total. The summed E-state index contributed by atoms with van der Waals surface area (Å²) in [5.74, 6) is -1.04. The summed E-state index contributed by atoms with van der Waals surface area (Å²) in [6.07, 6.45) is 1.19. The molecule has 3 amide bonds. The predicted molar refractivity (Wildman–Crippen MR) is 97.5 cm³/mol. The zero-order valence-electron chi connectivity index (χ0n) is 15.9. The largest absolute Gasteiger partial charge is 0.369 e. The maximum Gasteiger partial charge on any atom is 0.237 e. The molecule has 3 rings (SSSR count). The fourth-order valence-corrected chi connectivity index (χ4v) is 4.20. The van der Waals surface area contributed by atoms with Gasteiger partial charge in [-0.15, -0.1) is 0 Å². The number of rotatable bonds is 6. The van der Waals surface area contributed by atoms with Crippen LogP contribution in [-0.4, -0.2) is 96.1 Å². The van der Waals surface area contributed by atoms with Crippen molar-refractivity contribution in [2.45, 2.75) is 38.3 Å². The van der Waals surface area contributed by atoms with E-state index in [1.54, 1.807) is 16.7 Å². The summed E-state index contributed by atoms with van der Waals surface area (Å²) in [4.78, 5) is 54.3. The van der Waals surface area contributed by atoms with Gasteiger partial charge in [0, 0.05) is 45.1 Å². The van der Waals surface area contributed by atoms with Crippen molar-refractivity contribution in [1.29, 1.82) is 0 Å². The van der Waals surface area contributed by atoms with E-state index in [0.717, 1.165) is 26.2 Å². The van der Waals surface area contributed by atoms with Gasteiger partial charge in [-0.05, 0) is 12.8 Å². The summed E-state index contributed by atoms with van der Waals surface area (Å²) in [5.41, 5.74) is 5.24. The van der Waals surface area contributed by atoms with Crippen LogP contribution in [0.3, 0.4) is 0 Å². The highest BCUT2D eigenvalue weighted by atomic mass is 16.2. The van der Waals surface area contributed by atoms with Gasteiger partial charge in [-0.25, -0.2) is 0 Å². The van der Waals surface area contributed by atoms with Gasteiger partial charge in [-0.1, -0.05) is 6.92 Å². The van der Waals surface area contributed by atoms with E-state index >= 15 is 0 Å². The molecule has 0 aromatic heterocycles. The second-order valence-corrected chi connectivity index (χ2v) is 7.74. The van der Waals surface area contributed by atoms with E-state index in [9.17, 15) is 19.2 Å². The molecular formula is C18H29N5O4. The van der Waals surface area contributed by atoms with Crippen molar-refractivity contribution in [1.82, 2.24) is 20.0 Å². The number of amides is 3. The van der Waals surface area contributed by atoms with Crippen molar-refractivity contribution < 1.29 is 19.2 Å². The highest BCUT2D eigenvalue weighted by molar-refractivity contribution is 5.97. The molecule has 3 heterocycles. The third-order valence-corrected chi connectivity index (χ3v) is 5.91. The Hall–Kier alpha value is -2.00. The first-order chi connectivity index (χ1) is 12.9. The average Bonchev–Trinajstić information content (AvgIpc) is 3.21. The molecule has 3 unspecified atom stereocenters. The molecule has 0 radical (unpaired) electrons. The van der Waals surface area contributed by atoms with E-state index in [-0.39, 0.29) is 42.5 Å². The summed E-state index contributed by atoms with van der Waals surface area (Å²) in [5, 5.41) is 3.25. The maximum absolute atomic E-state index is 12.7. The zero-order valence-corrected chi connectivity index (χ0v) is 15.9. The summed E-state index contributed by atoms with van der Waals surface area (Å²) in [6.45, 7) is 5.95. The minimum atomic E-state index is -0.534. The molecule has 0 saturated carbocycles. The van der Waals surface area contributed by atoms with Crippen molar-refractivity contribution in [3.63, 3.8) is 0 Å². The minimum Gasteiger partial charge on any atom is -0.369 e. The molecule has 3 atom stereocenters. The van der Waals surface area contributed by atoms with Crippen LogP contribution in [0.15, 0.2) is 0 Å². The maximum atomic E-state index is 12.7. The number of piperazine rings is 1. The number of primary amides is 1. The Kier molecular flexibility index (Phi) is 6.11. The van der Waals surface area contributed by atoms with E-state index in [1.165, 1.54) is 0 Å². The van der Waals surface area contributed by atoms with E-state index < -0.39 is 11.9 Å². The van der Waals surface area contributed by atoms with Crippen LogP contribution in [0.4, 0.5) is 0 Å². The number of ketones is 1. The minimum absolute atomic E-state index is 0.0330. The summed E-state index contributed by atoms with van der Waals surface area (Å²) >= 11 is 0. The van der Waals surface area contributed by atoms with Crippen LogP contribution >= 0.6 is 0 Å². The van der Waals surface area contributed by atoms with Crippen LogP contribution in [0.1, 0.15) is 26.2 Å². The van der Waals surface area contributed by atoms with E-state index in [1.807, 2.05) is 0 Å². The van der Waals surface area contributed by atoms with Gasteiger partial charge < -0.3 is 20.9 Å². The van der Waals surface area contributed by atoms with Crippen molar-refractivity contribution >= 4 is 23.5 Å². The van der Waals surface area contributed by atoms with Crippen LogP contribution in [0.2, 0.25) is 0 Å². The lowest BCUT2D eigenvalue weighted by atomic mass is 10.0. The van der Waals surface area contributed by atoms with E-state index in [0.29, 0.717) is 25.9 Å². The van der Waals surface area contributed by atoms with Gasteiger partial charge in [-0.3, -0.25) is 24.1 Å². The smallest absolute Gasteiger partial charge is 0.237 e. The fourth-order valence-electron chi connectivity index (χ4n) is 4.20. The molecule has 27 heavy (non-hydrogen) atoms. The molecule has 3 aliphatic heterocycles. The third kappa shape index (κ3) is 4.30. The van der Waals surface area contributed by atoms with Crippen LogP contribution in [-0.2, 0) is 19.2 Å². The van der Waals surface area contributed by atoms with Gasteiger partial charge >= 0.3 is 0 Å². The first-order valence-electron chi connectivity index (χ1n) is 9.72. The standard InChI is InChI=1S/C18H29N5O4/c1-12(18(19)27)2-3-15(25)22-7-4-13-17(22)14(24)10-23(13)16(26)11-21-8-5-20-6-9-21/h12-13,17,20H,2-11H2,1H3,(H2,19,27). The number of nitrogens with one attached hydrogen (secondary N) is 1.